The first-order chi connectivity index (χ1) is 13.2. The van der Waals surface area contributed by atoms with Crippen LogP contribution in [0.4, 0.5) is 0 Å². The average Bonchev–Trinajstić information content (AvgIpc) is 2.95. The predicted molar refractivity (Wildman–Crippen MR) is 106 cm³/mol. The van der Waals surface area contributed by atoms with Crippen molar-refractivity contribution in [3.05, 3.63) is 71.9 Å². The van der Waals surface area contributed by atoms with Crippen molar-refractivity contribution in [1.29, 1.82) is 0 Å². The van der Waals surface area contributed by atoms with Gasteiger partial charge in [0, 0.05) is 48.8 Å². The summed E-state index contributed by atoms with van der Waals surface area (Å²) in [4.78, 5) is 32.4. The Morgan fingerprint density at radius 3 is 2.41 bits per heavy atom. The molecular weight excluding hydrogens is 338 g/mol. The second-order valence-corrected chi connectivity index (χ2v) is 6.93. The van der Waals surface area contributed by atoms with Crippen LogP contribution >= 0.6 is 0 Å². The van der Waals surface area contributed by atoms with E-state index in [1.807, 2.05) is 70.6 Å². The molecule has 0 saturated carbocycles. The van der Waals surface area contributed by atoms with Crippen molar-refractivity contribution in [3.8, 4) is 0 Å². The molecule has 1 aromatic heterocycles. The normalized spacial score (nSPS) is 15.0. The third kappa shape index (κ3) is 3.72. The van der Waals surface area contributed by atoms with Crippen LogP contribution in [0.15, 0.2) is 60.8 Å². The summed E-state index contributed by atoms with van der Waals surface area (Å²) in [5.41, 5.74) is 2.78. The van der Waals surface area contributed by atoms with E-state index in [2.05, 4.69) is 4.98 Å². The first-order valence-corrected chi connectivity index (χ1v) is 9.39. The Morgan fingerprint density at radius 1 is 0.852 bits per heavy atom. The number of benzene rings is 2. The van der Waals surface area contributed by atoms with E-state index < -0.39 is 0 Å². The molecule has 1 saturated heterocycles. The lowest BCUT2D eigenvalue weighted by atomic mass is 10.1. The standard InChI is InChI=1S/C22H23N3O2/c26-21(15-18-16-23-20-10-5-4-9-19(18)20)24-11-6-12-25(14-13-24)22(27)17-7-2-1-3-8-17/h1-5,7-10,16,23H,6,11-15H2. The van der Waals surface area contributed by atoms with Crippen molar-refractivity contribution in [2.75, 3.05) is 26.2 Å². The van der Waals surface area contributed by atoms with E-state index in [9.17, 15) is 9.59 Å². The molecule has 1 aliphatic rings. The number of rotatable bonds is 3. The van der Waals surface area contributed by atoms with Crippen molar-refractivity contribution in [2.45, 2.75) is 12.8 Å². The van der Waals surface area contributed by atoms with Crippen LogP contribution in [-0.2, 0) is 11.2 Å². The number of nitrogens with one attached hydrogen (secondary N) is 1. The molecule has 2 aromatic carbocycles. The Balaban J connectivity index is 1.40. The van der Waals surface area contributed by atoms with Gasteiger partial charge < -0.3 is 14.8 Å². The number of carbonyl (C=O) groups is 2. The molecule has 2 heterocycles. The zero-order chi connectivity index (χ0) is 18.6. The highest BCUT2D eigenvalue weighted by molar-refractivity contribution is 5.94. The second-order valence-electron chi connectivity index (χ2n) is 6.93. The van der Waals surface area contributed by atoms with Gasteiger partial charge in [0.15, 0.2) is 0 Å². The molecule has 1 fully saturated rings. The number of H-pyrrole nitrogens is 1. The van der Waals surface area contributed by atoms with Gasteiger partial charge in [-0.15, -0.1) is 0 Å². The van der Waals surface area contributed by atoms with E-state index in [-0.39, 0.29) is 11.8 Å². The smallest absolute Gasteiger partial charge is 0.253 e. The Bertz CT molecular complexity index is 948. The topological polar surface area (TPSA) is 56.4 Å². The molecule has 5 heteroatoms. The van der Waals surface area contributed by atoms with E-state index in [1.165, 1.54) is 0 Å². The summed E-state index contributed by atoms with van der Waals surface area (Å²) < 4.78 is 0. The monoisotopic (exact) mass is 361 g/mol. The van der Waals surface area contributed by atoms with Gasteiger partial charge in [-0.1, -0.05) is 36.4 Å². The SMILES string of the molecule is O=C(Cc1c[nH]c2ccccc12)N1CCCN(C(=O)c2ccccc2)CC1. The highest BCUT2D eigenvalue weighted by Crippen LogP contribution is 2.19. The minimum Gasteiger partial charge on any atom is -0.361 e. The minimum absolute atomic E-state index is 0.0431. The summed E-state index contributed by atoms with van der Waals surface area (Å²) in [5.74, 6) is 0.162. The fraction of sp³-hybridized carbons (Fsp3) is 0.273. The maximum Gasteiger partial charge on any atom is 0.253 e. The zero-order valence-corrected chi connectivity index (χ0v) is 15.2. The van der Waals surface area contributed by atoms with Gasteiger partial charge in [0.05, 0.1) is 6.42 Å². The van der Waals surface area contributed by atoms with E-state index in [0.29, 0.717) is 38.2 Å². The molecule has 1 aliphatic heterocycles. The lowest BCUT2D eigenvalue weighted by molar-refractivity contribution is -0.130. The molecule has 0 unspecified atom stereocenters. The largest absolute Gasteiger partial charge is 0.361 e. The molecule has 0 radical (unpaired) electrons. The van der Waals surface area contributed by atoms with Crippen LogP contribution in [0.3, 0.4) is 0 Å². The van der Waals surface area contributed by atoms with Crippen LogP contribution in [0.1, 0.15) is 22.3 Å². The second kappa shape index (κ2) is 7.66. The Kier molecular flexibility index (Phi) is 4.92. The molecule has 0 bridgehead atoms. The minimum atomic E-state index is 0.0431. The Labute approximate surface area is 158 Å². The third-order valence-electron chi connectivity index (χ3n) is 5.17. The fourth-order valence-electron chi connectivity index (χ4n) is 3.69. The lowest BCUT2D eigenvalue weighted by Gasteiger charge is -2.22. The fourth-order valence-corrected chi connectivity index (χ4v) is 3.69. The number of nitrogens with zero attached hydrogens (tertiary/aromatic N) is 2. The molecule has 138 valence electrons. The van der Waals surface area contributed by atoms with E-state index in [0.717, 1.165) is 22.9 Å². The maximum atomic E-state index is 12.8. The summed E-state index contributed by atoms with van der Waals surface area (Å²) in [5, 5.41) is 1.10. The molecule has 5 nitrogen and oxygen atoms in total. The van der Waals surface area contributed by atoms with Crippen LogP contribution < -0.4 is 0 Å². The number of aromatic amines is 1. The van der Waals surface area contributed by atoms with Crippen molar-refractivity contribution < 1.29 is 9.59 Å². The van der Waals surface area contributed by atoms with Gasteiger partial charge >= 0.3 is 0 Å². The first-order valence-electron chi connectivity index (χ1n) is 9.39. The summed E-state index contributed by atoms with van der Waals surface area (Å²) in [6, 6.07) is 17.4. The molecule has 0 atom stereocenters. The predicted octanol–water partition coefficient (Wildman–Crippen LogP) is 3.09. The van der Waals surface area contributed by atoms with Crippen molar-refractivity contribution in [1.82, 2.24) is 14.8 Å². The maximum absolute atomic E-state index is 12.8. The summed E-state index contributed by atoms with van der Waals surface area (Å²) >= 11 is 0. The number of hydrogen-bond donors (Lipinski definition) is 1. The molecule has 4 rings (SSSR count). The van der Waals surface area contributed by atoms with Gasteiger partial charge in [0.2, 0.25) is 5.91 Å². The van der Waals surface area contributed by atoms with Gasteiger partial charge in [-0.05, 0) is 30.2 Å². The highest BCUT2D eigenvalue weighted by Gasteiger charge is 2.23. The van der Waals surface area contributed by atoms with Gasteiger partial charge in [-0.2, -0.15) is 0 Å². The van der Waals surface area contributed by atoms with Crippen molar-refractivity contribution in [3.63, 3.8) is 0 Å². The highest BCUT2D eigenvalue weighted by atomic mass is 16.2. The summed E-state index contributed by atoms with van der Waals surface area (Å²) in [6.07, 6.45) is 3.11. The van der Waals surface area contributed by atoms with E-state index in [4.69, 9.17) is 0 Å². The number of amides is 2. The van der Waals surface area contributed by atoms with E-state index in [1.54, 1.807) is 0 Å². The molecular formula is C22H23N3O2. The molecule has 0 aliphatic carbocycles. The molecule has 3 aromatic rings. The Morgan fingerprint density at radius 2 is 1.56 bits per heavy atom. The average molecular weight is 361 g/mol. The molecule has 1 N–H and O–H groups in total. The summed E-state index contributed by atoms with van der Waals surface area (Å²) in [7, 11) is 0. The Hall–Kier alpha value is -3.08. The van der Waals surface area contributed by atoms with Crippen LogP contribution in [0.2, 0.25) is 0 Å². The van der Waals surface area contributed by atoms with E-state index >= 15 is 0 Å². The van der Waals surface area contributed by atoms with Gasteiger partial charge in [0.1, 0.15) is 0 Å². The van der Waals surface area contributed by atoms with Crippen molar-refractivity contribution in [2.24, 2.45) is 0 Å². The van der Waals surface area contributed by atoms with Gasteiger partial charge in [0.25, 0.3) is 5.91 Å². The molecule has 0 spiro atoms. The summed E-state index contributed by atoms with van der Waals surface area (Å²) in [6.45, 7) is 2.54. The molecule has 2 amide bonds. The third-order valence-corrected chi connectivity index (χ3v) is 5.17. The van der Waals surface area contributed by atoms with Crippen LogP contribution in [0.5, 0.6) is 0 Å². The number of hydrogen-bond acceptors (Lipinski definition) is 2. The quantitative estimate of drug-likeness (QED) is 0.779. The van der Waals surface area contributed by atoms with Crippen LogP contribution in [0.25, 0.3) is 10.9 Å². The lowest BCUT2D eigenvalue weighted by Crippen LogP contribution is -2.37. The number of aromatic nitrogens is 1. The van der Waals surface area contributed by atoms with Crippen LogP contribution in [0, 0.1) is 0 Å². The van der Waals surface area contributed by atoms with Crippen LogP contribution in [-0.4, -0.2) is 52.8 Å². The van der Waals surface area contributed by atoms with Gasteiger partial charge in [-0.3, -0.25) is 9.59 Å². The number of fused-ring (bicyclic) bond motifs is 1. The van der Waals surface area contributed by atoms with Crippen molar-refractivity contribution >= 4 is 22.7 Å². The first kappa shape index (κ1) is 17.3. The zero-order valence-electron chi connectivity index (χ0n) is 15.2. The molecule has 27 heavy (non-hydrogen) atoms. The number of para-hydroxylation sites is 1. The number of carbonyl (C=O) groups excluding carboxylic acids is 2. The van der Waals surface area contributed by atoms with Gasteiger partial charge in [-0.25, -0.2) is 0 Å².